The fourth-order valence-electron chi connectivity index (χ4n) is 2.95. The van der Waals surface area contributed by atoms with Crippen molar-refractivity contribution >= 4 is 22.4 Å². The Bertz CT molecular complexity index is 910. The molecular weight excluding hydrogens is 346 g/mol. The lowest BCUT2D eigenvalue weighted by molar-refractivity contribution is 0.102. The van der Waals surface area contributed by atoms with E-state index in [4.69, 9.17) is 4.52 Å². The average molecular weight is 369 g/mol. The molecule has 2 aromatic heterocycles. The second-order valence-electron chi connectivity index (χ2n) is 6.24. The van der Waals surface area contributed by atoms with Crippen LogP contribution in [-0.4, -0.2) is 16.0 Å². The highest BCUT2D eigenvalue weighted by Crippen LogP contribution is 2.31. The maximum Gasteiger partial charge on any atom is 0.262 e. The Morgan fingerprint density at radius 1 is 1.19 bits per heavy atom. The van der Waals surface area contributed by atoms with Crippen molar-refractivity contribution in [1.82, 2.24) is 10.1 Å². The van der Waals surface area contributed by atoms with Crippen molar-refractivity contribution in [3.63, 3.8) is 0 Å². The number of nitrogens with one attached hydrogen (secondary N) is 1. The van der Waals surface area contributed by atoms with Crippen molar-refractivity contribution in [1.29, 1.82) is 0 Å². The van der Waals surface area contributed by atoms with E-state index in [9.17, 15) is 4.79 Å². The molecule has 3 aromatic rings. The average Bonchev–Trinajstić information content (AvgIpc) is 3.18. The minimum absolute atomic E-state index is 0.223. The fraction of sp³-hybridized carbons (Fsp3) is 0.350. The van der Waals surface area contributed by atoms with Crippen molar-refractivity contribution in [2.24, 2.45) is 0 Å². The van der Waals surface area contributed by atoms with Gasteiger partial charge in [-0.25, -0.2) is 4.98 Å². The number of nitrogens with zero attached hydrogens (tertiary/aromatic N) is 2. The fourth-order valence-corrected chi connectivity index (χ4v) is 3.78. The molecule has 0 fully saturated rings. The zero-order valence-corrected chi connectivity index (χ0v) is 16.4. The van der Waals surface area contributed by atoms with Crippen LogP contribution in [-0.2, 0) is 12.8 Å². The third-order valence-corrected chi connectivity index (χ3v) is 5.16. The Hall–Kier alpha value is -2.47. The molecule has 3 rings (SSSR count). The maximum absolute atomic E-state index is 12.6. The van der Waals surface area contributed by atoms with Gasteiger partial charge in [0.2, 0.25) is 0 Å². The van der Waals surface area contributed by atoms with Crippen LogP contribution >= 0.6 is 11.3 Å². The molecule has 0 saturated heterocycles. The third-order valence-electron chi connectivity index (χ3n) is 4.28. The van der Waals surface area contributed by atoms with Gasteiger partial charge >= 0.3 is 0 Å². The summed E-state index contributed by atoms with van der Waals surface area (Å²) < 4.78 is 5.15. The lowest BCUT2D eigenvalue weighted by Gasteiger charge is -2.02. The smallest absolute Gasteiger partial charge is 0.262 e. The van der Waals surface area contributed by atoms with Crippen LogP contribution in [0.3, 0.4) is 0 Å². The summed E-state index contributed by atoms with van der Waals surface area (Å²) in [5, 5.41) is 7.41. The van der Waals surface area contributed by atoms with Gasteiger partial charge in [0, 0.05) is 10.4 Å². The molecular formula is C20H23N3O2S. The van der Waals surface area contributed by atoms with Crippen LogP contribution in [0.15, 0.2) is 28.8 Å². The quantitative estimate of drug-likeness (QED) is 0.650. The van der Waals surface area contributed by atoms with Crippen LogP contribution in [0.2, 0.25) is 0 Å². The number of anilines is 1. The Labute approximate surface area is 157 Å². The van der Waals surface area contributed by atoms with Crippen molar-refractivity contribution in [2.45, 2.75) is 47.0 Å². The van der Waals surface area contributed by atoms with E-state index in [0.29, 0.717) is 28.6 Å². The summed E-state index contributed by atoms with van der Waals surface area (Å²) in [7, 11) is 0. The molecule has 0 spiro atoms. The number of rotatable bonds is 6. The molecule has 0 unspecified atom stereocenters. The van der Waals surface area contributed by atoms with E-state index in [0.717, 1.165) is 29.0 Å². The summed E-state index contributed by atoms with van der Waals surface area (Å²) in [4.78, 5) is 18.3. The van der Waals surface area contributed by atoms with Gasteiger partial charge in [0.05, 0.1) is 11.4 Å². The molecule has 0 aliphatic rings. The highest BCUT2D eigenvalue weighted by atomic mass is 32.1. The van der Waals surface area contributed by atoms with Crippen molar-refractivity contribution in [3.8, 4) is 11.3 Å². The van der Waals surface area contributed by atoms with Crippen molar-refractivity contribution < 1.29 is 9.32 Å². The number of thiazole rings is 1. The van der Waals surface area contributed by atoms with Gasteiger partial charge in [-0.1, -0.05) is 49.7 Å². The molecule has 0 aliphatic carbocycles. The number of benzene rings is 1. The summed E-state index contributed by atoms with van der Waals surface area (Å²) in [5.74, 6) is 0.304. The lowest BCUT2D eigenvalue weighted by Crippen LogP contribution is -2.14. The topological polar surface area (TPSA) is 68.0 Å². The van der Waals surface area contributed by atoms with E-state index in [1.54, 1.807) is 6.92 Å². The lowest BCUT2D eigenvalue weighted by atomic mass is 10.1. The minimum atomic E-state index is -0.223. The predicted molar refractivity (Wildman–Crippen MR) is 105 cm³/mol. The standard InChI is InChI=1S/C20H23N3O2S/c1-5-7-14-8-10-15(11-9-14)18-13(4)26-20(21-18)22-19(24)17-12(3)25-23-16(17)6-2/h8-11H,5-7H2,1-4H3,(H,21,22,24). The van der Waals surface area contributed by atoms with E-state index in [1.807, 2.05) is 13.8 Å². The summed E-state index contributed by atoms with van der Waals surface area (Å²) in [6.45, 7) is 7.89. The van der Waals surface area contributed by atoms with E-state index in [2.05, 4.69) is 46.6 Å². The highest BCUT2D eigenvalue weighted by Gasteiger charge is 2.21. The zero-order valence-electron chi connectivity index (χ0n) is 15.5. The van der Waals surface area contributed by atoms with Crippen molar-refractivity contribution in [2.75, 3.05) is 5.32 Å². The normalized spacial score (nSPS) is 10.9. The molecule has 136 valence electrons. The molecule has 1 aromatic carbocycles. The molecule has 26 heavy (non-hydrogen) atoms. The molecule has 5 nitrogen and oxygen atoms in total. The molecule has 0 saturated carbocycles. The molecule has 0 bridgehead atoms. The number of aromatic nitrogens is 2. The molecule has 0 aliphatic heterocycles. The summed E-state index contributed by atoms with van der Waals surface area (Å²) >= 11 is 1.47. The van der Waals surface area contributed by atoms with Gasteiger partial charge < -0.3 is 4.52 Å². The zero-order chi connectivity index (χ0) is 18.7. The Morgan fingerprint density at radius 3 is 2.58 bits per heavy atom. The first kappa shape index (κ1) is 18.3. The molecule has 0 radical (unpaired) electrons. The van der Waals surface area contributed by atoms with Gasteiger partial charge in [-0.15, -0.1) is 11.3 Å². The minimum Gasteiger partial charge on any atom is -0.361 e. The summed E-state index contributed by atoms with van der Waals surface area (Å²) in [6, 6.07) is 8.48. The number of aryl methyl sites for hydroxylation is 4. The van der Waals surface area contributed by atoms with E-state index < -0.39 is 0 Å². The second kappa shape index (κ2) is 7.83. The number of hydrogen-bond donors (Lipinski definition) is 1. The van der Waals surface area contributed by atoms with Crippen molar-refractivity contribution in [3.05, 3.63) is 51.7 Å². The SMILES string of the molecule is CCCc1ccc(-c2nc(NC(=O)c3c(CC)noc3C)sc2C)cc1. The second-order valence-corrected chi connectivity index (χ2v) is 7.44. The number of carbonyl (C=O) groups is 1. The number of amides is 1. The Kier molecular flexibility index (Phi) is 5.52. The Morgan fingerprint density at radius 2 is 1.92 bits per heavy atom. The molecule has 1 amide bonds. The van der Waals surface area contributed by atoms with Gasteiger partial charge in [-0.2, -0.15) is 0 Å². The third kappa shape index (κ3) is 3.70. The Balaban J connectivity index is 1.81. The van der Waals surface area contributed by atoms with Gasteiger partial charge in [0.15, 0.2) is 5.13 Å². The van der Waals surface area contributed by atoms with E-state index in [-0.39, 0.29) is 5.91 Å². The van der Waals surface area contributed by atoms with Crippen LogP contribution in [0, 0.1) is 13.8 Å². The van der Waals surface area contributed by atoms with Gasteiger partial charge in [-0.05, 0) is 32.3 Å². The van der Waals surface area contributed by atoms with Crippen LogP contribution < -0.4 is 5.32 Å². The highest BCUT2D eigenvalue weighted by molar-refractivity contribution is 7.16. The van der Waals surface area contributed by atoms with Crippen LogP contribution in [0.4, 0.5) is 5.13 Å². The van der Waals surface area contributed by atoms with Crippen LogP contribution in [0.25, 0.3) is 11.3 Å². The van der Waals surface area contributed by atoms with E-state index >= 15 is 0 Å². The largest absolute Gasteiger partial charge is 0.361 e. The molecule has 1 N–H and O–H groups in total. The molecule has 0 atom stereocenters. The van der Waals surface area contributed by atoms with Crippen LogP contribution in [0.5, 0.6) is 0 Å². The molecule has 6 heteroatoms. The van der Waals surface area contributed by atoms with Gasteiger partial charge in [0.1, 0.15) is 11.3 Å². The van der Waals surface area contributed by atoms with Gasteiger partial charge in [-0.3, -0.25) is 10.1 Å². The number of hydrogen-bond acceptors (Lipinski definition) is 5. The van der Waals surface area contributed by atoms with Gasteiger partial charge in [0.25, 0.3) is 5.91 Å². The first-order chi connectivity index (χ1) is 12.5. The summed E-state index contributed by atoms with van der Waals surface area (Å²) in [5.41, 5.74) is 4.47. The number of carbonyl (C=O) groups excluding carboxylic acids is 1. The maximum atomic E-state index is 12.6. The monoisotopic (exact) mass is 369 g/mol. The van der Waals surface area contributed by atoms with Crippen LogP contribution in [0.1, 0.15) is 52.5 Å². The first-order valence-electron chi connectivity index (χ1n) is 8.86. The first-order valence-corrected chi connectivity index (χ1v) is 9.68. The predicted octanol–water partition coefficient (Wildman–Crippen LogP) is 5.18. The van der Waals surface area contributed by atoms with E-state index in [1.165, 1.54) is 16.9 Å². The molecule has 2 heterocycles. The summed E-state index contributed by atoms with van der Waals surface area (Å²) in [6.07, 6.45) is 2.86.